The van der Waals surface area contributed by atoms with Crippen LogP contribution >= 0.6 is 11.6 Å². The molecule has 0 bridgehead atoms. The van der Waals surface area contributed by atoms with E-state index in [0.29, 0.717) is 41.8 Å². The molecule has 2 rings (SSSR count). The van der Waals surface area contributed by atoms with Crippen LogP contribution in [0.4, 0.5) is 4.79 Å². The Morgan fingerprint density at radius 3 is 2.23 bits per heavy atom. The third kappa shape index (κ3) is 5.20. The van der Waals surface area contributed by atoms with E-state index in [1.807, 2.05) is 24.3 Å². The van der Waals surface area contributed by atoms with Crippen LogP contribution in [0.3, 0.4) is 0 Å². The molecule has 2 aromatic rings. The molecule has 0 saturated heterocycles. The third-order valence-corrected chi connectivity index (χ3v) is 4.23. The lowest BCUT2D eigenvalue weighted by Gasteiger charge is -2.14. The Hall–Kier alpha value is -2.60. The molecule has 0 heterocycles. The molecule has 0 unspecified atom stereocenters. The third-order valence-electron chi connectivity index (χ3n) is 3.86. The van der Waals surface area contributed by atoms with E-state index in [1.54, 1.807) is 33.5 Å². The average molecular weight is 379 g/mol. The SMILES string of the molecule is COc1cc(OC)c(OC)cc1CCNC(=O)NCc1ccccc1Cl. The molecule has 2 N–H and O–H groups in total. The van der Waals surface area contributed by atoms with Crippen LogP contribution in [0.5, 0.6) is 17.2 Å². The summed E-state index contributed by atoms with van der Waals surface area (Å²) in [6.45, 7) is 0.811. The summed E-state index contributed by atoms with van der Waals surface area (Å²) >= 11 is 6.07. The van der Waals surface area contributed by atoms with Gasteiger partial charge in [-0.15, -0.1) is 0 Å². The van der Waals surface area contributed by atoms with Gasteiger partial charge in [0.25, 0.3) is 0 Å². The van der Waals surface area contributed by atoms with E-state index in [2.05, 4.69) is 10.6 Å². The molecule has 26 heavy (non-hydrogen) atoms. The van der Waals surface area contributed by atoms with Crippen molar-refractivity contribution in [3.63, 3.8) is 0 Å². The molecule has 0 aliphatic rings. The molecule has 0 fully saturated rings. The Morgan fingerprint density at radius 2 is 1.58 bits per heavy atom. The highest BCUT2D eigenvalue weighted by atomic mass is 35.5. The lowest BCUT2D eigenvalue weighted by atomic mass is 10.1. The van der Waals surface area contributed by atoms with Crippen molar-refractivity contribution in [1.82, 2.24) is 10.6 Å². The first-order valence-corrected chi connectivity index (χ1v) is 8.50. The summed E-state index contributed by atoms with van der Waals surface area (Å²) in [5.41, 5.74) is 1.78. The van der Waals surface area contributed by atoms with Gasteiger partial charge in [0.2, 0.25) is 0 Å². The van der Waals surface area contributed by atoms with Crippen LogP contribution < -0.4 is 24.8 Å². The molecule has 0 aliphatic heterocycles. The minimum absolute atomic E-state index is 0.260. The Bertz CT molecular complexity index is 752. The molecule has 6 nitrogen and oxygen atoms in total. The fourth-order valence-corrected chi connectivity index (χ4v) is 2.68. The summed E-state index contributed by atoms with van der Waals surface area (Å²) in [6.07, 6.45) is 0.586. The number of nitrogens with one attached hydrogen (secondary N) is 2. The number of rotatable bonds is 8. The monoisotopic (exact) mass is 378 g/mol. The number of amides is 2. The molecule has 0 saturated carbocycles. The highest BCUT2D eigenvalue weighted by Gasteiger charge is 2.12. The molecule has 140 valence electrons. The van der Waals surface area contributed by atoms with Gasteiger partial charge in [0.1, 0.15) is 5.75 Å². The van der Waals surface area contributed by atoms with Crippen molar-refractivity contribution in [2.75, 3.05) is 27.9 Å². The standard InChI is InChI=1S/C19H23ClN2O4/c1-24-16-11-18(26-3)17(25-2)10-13(16)8-9-21-19(23)22-12-14-6-4-5-7-15(14)20/h4-7,10-11H,8-9,12H2,1-3H3,(H2,21,22,23). The molecule has 0 radical (unpaired) electrons. The molecule has 0 aliphatic carbocycles. The van der Waals surface area contributed by atoms with Crippen LogP contribution in [-0.2, 0) is 13.0 Å². The van der Waals surface area contributed by atoms with E-state index in [1.165, 1.54) is 0 Å². The number of ether oxygens (including phenoxy) is 3. The summed E-state index contributed by atoms with van der Waals surface area (Å²) in [7, 11) is 4.74. The van der Waals surface area contributed by atoms with E-state index in [9.17, 15) is 4.79 Å². The number of carbonyl (C=O) groups is 1. The maximum Gasteiger partial charge on any atom is 0.315 e. The zero-order chi connectivity index (χ0) is 18.9. The number of hydrogen-bond acceptors (Lipinski definition) is 4. The van der Waals surface area contributed by atoms with Crippen LogP contribution in [0.25, 0.3) is 0 Å². The number of urea groups is 1. The summed E-state index contributed by atoms with van der Waals surface area (Å²) in [5, 5.41) is 6.23. The first kappa shape index (κ1) is 19.7. The maximum absolute atomic E-state index is 12.0. The fourth-order valence-electron chi connectivity index (χ4n) is 2.48. The van der Waals surface area contributed by atoms with E-state index in [0.717, 1.165) is 11.1 Å². The van der Waals surface area contributed by atoms with Crippen LogP contribution in [0.2, 0.25) is 5.02 Å². The van der Waals surface area contributed by atoms with Gasteiger partial charge in [-0.3, -0.25) is 0 Å². The van der Waals surface area contributed by atoms with Crippen molar-refractivity contribution in [3.8, 4) is 17.2 Å². The first-order chi connectivity index (χ1) is 12.6. The van der Waals surface area contributed by atoms with Crippen molar-refractivity contribution >= 4 is 17.6 Å². The molecule has 0 atom stereocenters. The number of carbonyl (C=O) groups excluding carboxylic acids is 1. The minimum Gasteiger partial charge on any atom is -0.496 e. The van der Waals surface area contributed by atoms with Crippen molar-refractivity contribution in [2.24, 2.45) is 0 Å². The quantitative estimate of drug-likeness (QED) is 0.738. The average Bonchev–Trinajstić information content (AvgIpc) is 2.66. The predicted octanol–water partition coefficient (Wildman–Crippen LogP) is 3.41. The van der Waals surface area contributed by atoms with Gasteiger partial charge in [-0.05, 0) is 29.7 Å². The van der Waals surface area contributed by atoms with Crippen LogP contribution in [0.15, 0.2) is 36.4 Å². The first-order valence-electron chi connectivity index (χ1n) is 8.13. The second-order valence-corrected chi connectivity index (χ2v) is 5.88. The van der Waals surface area contributed by atoms with E-state index in [4.69, 9.17) is 25.8 Å². The predicted molar refractivity (Wildman–Crippen MR) is 101 cm³/mol. The van der Waals surface area contributed by atoms with Gasteiger partial charge >= 0.3 is 6.03 Å². The molecule has 2 aromatic carbocycles. The topological polar surface area (TPSA) is 68.8 Å². The number of methoxy groups -OCH3 is 3. The van der Waals surface area contributed by atoms with Gasteiger partial charge in [-0.2, -0.15) is 0 Å². The number of benzene rings is 2. The Balaban J connectivity index is 1.88. The molecular formula is C19H23ClN2O4. The van der Waals surface area contributed by atoms with Crippen LogP contribution in [0.1, 0.15) is 11.1 Å². The zero-order valence-corrected chi connectivity index (χ0v) is 15.9. The number of halogens is 1. The van der Waals surface area contributed by atoms with Crippen molar-refractivity contribution in [1.29, 1.82) is 0 Å². The molecule has 0 aromatic heterocycles. The molecular weight excluding hydrogens is 356 g/mol. The largest absolute Gasteiger partial charge is 0.496 e. The van der Waals surface area contributed by atoms with Crippen molar-refractivity contribution in [2.45, 2.75) is 13.0 Å². The Labute approximate surface area is 158 Å². The molecule has 2 amide bonds. The van der Waals surface area contributed by atoms with Gasteiger partial charge in [-0.25, -0.2) is 4.79 Å². The van der Waals surface area contributed by atoms with Gasteiger partial charge in [-0.1, -0.05) is 29.8 Å². The van der Waals surface area contributed by atoms with E-state index in [-0.39, 0.29) is 6.03 Å². The number of hydrogen-bond donors (Lipinski definition) is 2. The summed E-state index contributed by atoms with van der Waals surface area (Å²) in [4.78, 5) is 12.0. The van der Waals surface area contributed by atoms with Crippen LogP contribution in [0, 0.1) is 0 Å². The van der Waals surface area contributed by atoms with Crippen molar-refractivity contribution < 1.29 is 19.0 Å². The van der Waals surface area contributed by atoms with Gasteiger partial charge < -0.3 is 24.8 Å². The van der Waals surface area contributed by atoms with Crippen LogP contribution in [-0.4, -0.2) is 33.9 Å². The van der Waals surface area contributed by atoms with Crippen molar-refractivity contribution in [3.05, 3.63) is 52.5 Å². The smallest absolute Gasteiger partial charge is 0.315 e. The zero-order valence-electron chi connectivity index (χ0n) is 15.1. The van der Waals surface area contributed by atoms with Gasteiger partial charge in [0.15, 0.2) is 11.5 Å². The summed E-state index contributed by atoms with van der Waals surface area (Å²) in [5.74, 6) is 1.89. The summed E-state index contributed by atoms with van der Waals surface area (Å²) < 4.78 is 16.0. The Morgan fingerprint density at radius 1 is 0.923 bits per heavy atom. The highest BCUT2D eigenvalue weighted by molar-refractivity contribution is 6.31. The molecule has 7 heteroatoms. The normalized spacial score (nSPS) is 10.2. The molecule has 0 spiro atoms. The lowest BCUT2D eigenvalue weighted by Crippen LogP contribution is -2.36. The second kappa shape index (κ2) is 9.77. The van der Waals surface area contributed by atoms with E-state index < -0.39 is 0 Å². The summed E-state index contributed by atoms with van der Waals surface area (Å²) in [6, 6.07) is 10.8. The minimum atomic E-state index is -0.260. The highest BCUT2D eigenvalue weighted by Crippen LogP contribution is 2.34. The lowest BCUT2D eigenvalue weighted by molar-refractivity contribution is 0.240. The van der Waals surface area contributed by atoms with Gasteiger partial charge in [0, 0.05) is 24.2 Å². The Kier molecular flexibility index (Phi) is 7.41. The van der Waals surface area contributed by atoms with E-state index >= 15 is 0 Å². The van der Waals surface area contributed by atoms with Gasteiger partial charge in [0.05, 0.1) is 21.3 Å². The second-order valence-electron chi connectivity index (χ2n) is 5.47. The maximum atomic E-state index is 12.0. The fraction of sp³-hybridized carbons (Fsp3) is 0.316.